The molecule has 0 radical (unpaired) electrons. The van der Waals surface area contributed by atoms with Gasteiger partial charge in [-0.25, -0.2) is 0 Å². The summed E-state index contributed by atoms with van der Waals surface area (Å²) in [6.07, 6.45) is 9.40. The Balaban J connectivity index is 2.37. The van der Waals surface area contributed by atoms with Crippen LogP contribution in [0.4, 0.5) is 0 Å². The van der Waals surface area contributed by atoms with Gasteiger partial charge in [0.15, 0.2) is 0 Å². The van der Waals surface area contributed by atoms with E-state index in [2.05, 4.69) is 6.07 Å². The molecule has 0 atom stereocenters. The van der Waals surface area contributed by atoms with Gasteiger partial charge in [-0.3, -0.25) is 0 Å². The number of hydrogen-bond acceptors (Lipinski definition) is 2. The third kappa shape index (κ3) is 3.43. The van der Waals surface area contributed by atoms with E-state index < -0.39 is 0 Å². The van der Waals surface area contributed by atoms with Gasteiger partial charge < -0.3 is 10.5 Å². The second kappa shape index (κ2) is 7.16. The van der Waals surface area contributed by atoms with Crippen LogP contribution < -0.4 is 10.5 Å². The highest BCUT2D eigenvalue weighted by Crippen LogP contribution is 2.37. The molecule has 2 rings (SSSR count). The molecule has 0 amide bonds. The Labute approximate surface area is 121 Å². The summed E-state index contributed by atoms with van der Waals surface area (Å²) in [4.78, 5) is 0. The number of fused-ring (bicyclic) bond motifs is 1. The van der Waals surface area contributed by atoms with E-state index in [0.717, 1.165) is 43.0 Å². The maximum atomic E-state index is 6.38. The topological polar surface area (TPSA) is 35.2 Å². The first kappa shape index (κ1) is 14.7. The van der Waals surface area contributed by atoms with Crippen LogP contribution in [0, 0.1) is 0 Å². The molecule has 106 valence electrons. The largest absolute Gasteiger partial charge is 0.495 e. The number of nitrogens with two attached hydrogens (primary N) is 1. The molecule has 0 heterocycles. The Morgan fingerprint density at radius 1 is 1.21 bits per heavy atom. The van der Waals surface area contributed by atoms with Crippen molar-refractivity contribution in [3.05, 3.63) is 27.8 Å². The number of ether oxygens (including phenoxy) is 1. The molecule has 19 heavy (non-hydrogen) atoms. The van der Waals surface area contributed by atoms with Gasteiger partial charge in [0, 0.05) is 0 Å². The van der Waals surface area contributed by atoms with Gasteiger partial charge in [-0.15, -0.1) is 0 Å². The minimum absolute atomic E-state index is 0.755. The molecule has 0 saturated heterocycles. The van der Waals surface area contributed by atoms with Crippen molar-refractivity contribution in [1.82, 2.24) is 0 Å². The van der Waals surface area contributed by atoms with Crippen LogP contribution in [0.15, 0.2) is 6.07 Å². The summed E-state index contributed by atoms with van der Waals surface area (Å²) in [5, 5.41) is 0.769. The molecule has 0 fully saturated rings. The molecule has 2 nitrogen and oxygen atoms in total. The summed E-state index contributed by atoms with van der Waals surface area (Å²) in [5.74, 6) is 0.888. The van der Waals surface area contributed by atoms with Gasteiger partial charge in [-0.1, -0.05) is 18.0 Å². The molecule has 0 spiro atoms. The predicted molar refractivity (Wildman–Crippen MR) is 81.3 cm³/mol. The average Bonchev–Trinajstić information content (AvgIpc) is 2.64. The lowest BCUT2D eigenvalue weighted by Crippen LogP contribution is -2.05. The fourth-order valence-electron chi connectivity index (χ4n) is 3.04. The van der Waals surface area contributed by atoms with E-state index >= 15 is 0 Å². The lowest BCUT2D eigenvalue weighted by atomic mass is 9.93. The summed E-state index contributed by atoms with van der Waals surface area (Å²) in [6.45, 7) is 0.755. The van der Waals surface area contributed by atoms with Crippen molar-refractivity contribution in [2.24, 2.45) is 5.73 Å². The molecule has 1 aliphatic rings. The van der Waals surface area contributed by atoms with Crippen molar-refractivity contribution < 1.29 is 4.74 Å². The van der Waals surface area contributed by atoms with Crippen LogP contribution in [0.3, 0.4) is 0 Å². The number of aryl methyl sites for hydroxylation is 1. The van der Waals surface area contributed by atoms with Crippen molar-refractivity contribution in [2.45, 2.75) is 51.4 Å². The molecule has 0 unspecified atom stereocenters. The van der Waals surface area contributed by atoms with Crippen LogP contribution in [0.1, 0.15) is 48.8 Å². The van der Waals surface area contributed by atoms with Crippen LogP contribution in [-0.2, 0) is 19.3 Å². The Kier molecular flexibility index (Phi) is 5.53. The van der Waals surface area contributed by atoms with Crippen LogP contribution in [0.2, 0.25) is 5.02 Å². The highest BCUT2D eigenvalue weighted by atomic mass is 35.5. The maximum Gasteiger partial charge on any atom is 0.140 e. The van der Waals surface area contributed by atoms with Gasteiger partial charge >= 0.3 is 0 Å². The third-order valence-corrected chi connectivity index (χ3v) is 4.28. The van der Waals surface area contributed by atoms with Crippen molar-refractivity contribution in [2.75, 3.05) is 13.7 Å². The molecular weight excluding hydrogens is 258 g/mol. The number of unbranched alkanes of at least 4 members (excludes halogenated alkanes) is 1. The number of benzene rings is 1. The summed E-state index contributed by atoms with van der Waals surface area (Å²) in [7, 11) is 1.72. The van der Waals surface area contributed by atoms with E-state index in [-0.39, 0.29) is 0 Å². The molecule has 3 heteroatoms. The van der Waals surface area contributed by atoms with Gasteiger partial charge in [0.25, 0.3) is 0 Å². The summed E-state index contributed by atoms with van der Waals surface area (Å²) in [5.41, 5.74) is 9.86. The predicted octanol–water partition coefficient (Wildman–Crippen LogP) is 3.90. The number of rotatable bonds is 5. The molecular formula is C16H24ClNO. The normalized spacial score (nSPS) is 14.9. The molecule has 1 aromatic rings. The quantitative estimate of drug-likeness (QED) is 0.656. The summed E-state index contributed by atoms with van der Waals surface area (Å²) in [6, 6.07) is 2.12. The molecule has 0 aliphatic heterocycles. The number of methoxy groups -OCH3 is 1. The smallest absolute Gasteiger partial charge is 0.140 e. The zero-order chi connectivity index (χ0) is 13.7. The highest BCUT2D eigenvalue weighted by molar-refractivity contribution is 6.32. The summed E-state index contributed by atoms with van der Waals surface area (Å²) >= 11 is 6.38. The summed E-state index contributed by atoms with van der Waals surface area (Å²) < 4.78 is 5.55. The molecule has 0 bridgehead atoms. The molecule has 0 aromatic heterocycles. The first-order chi connectivity index (χ1) is 9.27. The zero-order valence-electron chi connectivity index (χ0n) is 11.8. The Morgan fingerprint density at radius 2 is 2.00 bits per heavy atom. The van der Waals surface area contributed by atoms with Crippen molar-refractivity contribution >= 4 is 11.6 Å². The van der Waals surface area contributed by atoms with E-state index in [0.29, 0.717) is 0 Å². The SMILES string of the molecule is COc1c(Cl)cc2c(c1CCCCN)CCCCC2. The maximum absolute atomic E-state index is 6.38. The number of hydrogen-bond donors (Lipinski definition) is 1. The van der Waals surface area contributed by atoms with Crippen molar-refractivity contribution in [1.29, 1.82) is 0 Å². The second-order valence-corrected chi connectivity index (χ2v) is 5.72. The zero-order valence-corrected chi connectivity index (χ0v) is 12.6. The number of halogens is 1. The first-order valence-electron chi connectivity index (χ1n) is 7.35. The first-order valence-corrected chi connectivity index (χ1v) is 7.73. The second-order valence-electron chi connectivity index (χ2n) is 5.31. The van der Waals surface area contributed by atoms with Gasteiger partial charge in [0.2, 0.25) is 0 Å². The minimum atomic E-state index is 0.755. The molecule has 1 aromatic carbocycles. The Bertz CT molecular complexity index is 431. The van der Waals surface area contributed by atoms with Crippen LogP contribution >= 0.6 is 11.6 Å². The van der Waals surface area contributed by atoms with Gasteiger partial charge in [-0.2, -0.15) is 0 Å². The Hall–Kier alpha value is -0.730. The van der Waals surface area contributed by atoms with Crippen molar-refractivity contribution in [3.63, 3.8) is 0 Å². The fourth-order valence-corrected chi connectivity index (χ4v) is 3.36. The molecule has 1 aliphatic carbocycles. The lowest BCUT2D eigenvalue weighted by molar-refractivity contribution is 0.408. The minimum Gasteiger partial charge on any atom is -0.495 e. The van der Waals surface area contributed by atoms with E-state index in [1.54, 1.807) is 7.11 Å². The highest BCUT2D eigenvalue weighted by Gasteiger charge is 2.19. The van der Waals surface area contributed by atoms with E-state index in [4.69, 9.17) is 22.1 Å². The average molecular weight is 282 g/mol. The Morgan fingerprint density at radius 3 is 2.74 bits per heavy atom. The van der Waals surface area contributed by atoms with E-state index in [1.807, 2.05) is 0 Å². The third-order valence-electron chi connectivity index (χ3n) is 4.00. The van der Waals surface area contributed by atoms with Crippen LogP contribution in [0.25, 0.3) is 0 Å². The lowest BCUT2D eigenvalue weighted by Gasteiger charge is -2.18. The monoisotopic (exact) mass is 281 g/mol. The fraction of sp³-hybridized carbons (Fsp3) is 0.625. The van der Waals surface area contributed by atoms with Gasteiger partial charge in [0.05, 0.1) is 12.1 Å². The van der Waals surface area contributed by atoms with E-state index in [9.17, 15) is 0 Å². The standard InChI is InChI=1S/C16H24ClNO/c1-19-16-14(9-5-6-10-18)13-8-4-2-3-7-12(13)11-15(16)17/h11H,2-10,18H2,1H3. The van der Waals surface area contributed by atoms with Crippen molar-refractivity contribution in [3.8, 4) is 5.75 Å². The van der Waals surface area contributed by atoms with E-state index in [1.165, 1.54) is 42.4 Å². The van der Waals surface area contributed by atoms with Crippen LogP contribution in [-0.4, -0.2) is 13.7 Å². The van der Waals surface area contributed by atoms with Crippen LogP contribution in [0.5, 0.6) is 5.75 Å². The van der Waals surface area contributed by atoms with Gasteiger partial charge in [-0.05, 0) is 74.2 Å². The molecule has 0 saturated carbocycles. The van der Waals surface area contributed by atoms with Gasteiger partial charge in [0.1, 0.15) is 5.75 Å². The molecule has 2 N–H and O–H groups in total.